The number of rotatable bonds is 3. The van der Waals surface area contributed by atoms with Crippen molar-refractivity contribution in [1.82, 2.24) is 14.5 Å². The van der Waals surface area contributed by atoms with Crippen LogP contribution in [0.1, 0.15) is 6.92 Å². The normalized spacial score (nSPS) is 15.8. The minimum absolute atomic E-state index is 0.0340. The maximum atomic E-state index is 13.6. The molecule has 0 bridgehead atoms. The molecule has 1 saturated heterocycles. The first-order chi connectivity index (χ1) is 12.7. The van der Waals surface area contributed by atoms with Gasteiger partial charge in [-0.3, -0.25) is 9.59 Å². The summed E-state index contributed by atoms with van der Waals surface area (Å²) in [5.41, 5.74) is 0.0320. The lowest BCUT2D eigenvalue weighted by Crippen LogP contribution is -2.60. The van der Waals surface area contributed by atoms with Crippen LogP contribution in [0.2, 0.25) is 5.02 Å². The van der Waals surface area contributed by atoms with Crippen molar-refractivity contribution in [3.8, 4) is 11.1 Å². The summed E-state index contributed by atoms with van der Waals surface area (Å²) in [5, 5.41) is 0.340. The first-order valence-corrected chi connectivity index (χ1v) is 8.76. The standard InChI is InChI=1S/C19H16ClF2N3O2/c1-19(22)9-25(10-19)16(26)8-24-5-4-15-17(18(24)27)12(7-23-15)11-2-3-14(21)13(20)6-11/h2-7,23H,8-10H2,1H3. The molecule has 140 valence electrons. The number of carbonyl (C=O) groups excluding carboxylic acids is 1. The molecule has 0 unspecified atom stereocenters. The second-order valence-corrected chi connectivity index (χ2v) is 7.44. The highest BCUT2D eigenvalue weighted by atomic mass is 35.5. The number of aromatic nitrogens is 2. The molecule has 0 aliphatic carbocycles. The van der Waals surface area contributed by atoms with Crippen LogP contribution in [0, 0.1) is 5.82 Å². The summed E-state index contributed by atoms with van der Waals surface area (Å²) >= 11 is 5.85. The maximum Gasteiger partial charge on any atom is 0.261 e. The number of nitrogens with one attached hydrogen (secondary N) is 1. The van der Waals surface area contributed by atoms with Gasteiger partial charge in [0.25, 0.3) is 5.56 Å². The lowest BCUT2D eigenvalue weighted by atomic mass is 9.99. The van der Waals surface area contributed by atoms with E-state index in [0.717, 1.165) is 0 Å². The SMILES string of the molecule is CC1(F)CN(C(=O)Cn2ccc3[nH]cc(-c4ccc(F)c(Cl)c4)c3c2=O)C1. The van der Waals surface area contributed by atoms with Gasteiger partial charge in [0, 0.05) is 18.0 Å². The first-order valence-electron chi connectivity index (χ1n) is 8.38. The number of carbonyl (C=O) groups is 1. The number of alkyl halides is 1. The van der Waals surface area contributed by atoms with Crippen LogP contribution in [0.25, 0.3) is 22.0 Å². The molecule has 5 nitrogen and oxygen atoms in total. The van der Waals surface area contributed by atoms with E-state index in [-0.39, 0.29) is 36.1 Å². The molecule has 1 fully saturated rings. The average molecular weight is 392 g/mol. The first kappa shape index (κ1) is 17.7. The Morgan fingerprint density at radius 3 is 2.74 bits per heavy atom. The van der Waals surface area contributed by atoms with E-state index in [4.69, 9.17) is 11.6 Å². The van der Waals surface area contributed by atoms with Gasteiger partial charge in [0.15, 0.2) is 0 Å². The summed E-state index contributed by atoms with van der Waals surface area (Å²) in [6.07, 6.45) is 3.17. The predicted molar refractivity (Wildman–Crippen MR) is 99.1 cm³/mol. The van der Waals surface area contributed by atoms with Crippen molar-refractivity contribution in [3.05, 3.63) is 57.9 Å². The zero-order valence-electron chi connectivity index (χ0n) is 14.4. The minimum atomic E-state index is -1.36. The van der Waals surface area contributed by atoms with Gasteiger partial charge >= 0.3 is 0 Å². The van der Waals surface area contributed by atoms with Gasteiger partial charge < -0.3 is 14.5 Å². The third kappa shape index (κ3) is 3.12. The average Bonchev–Trinajstić information content (AvgIpc) is 3.02. The lowest BCUT2D eigenvalue weighted by Gasteiger charge is -2.42. The number of halogens is 3. The highest BCUT2D eigenvalue weighted by molar-refractivity contribution is 6.31. The van der Waals surface area contributed by atoms with Crippen LogP contribution < -0.4 is 5.56 Å². The Hall–Kier alpha value is -2.67. The zero-order valence-corrected chi connectivity index (χ0v) is 15.2. The van der Waals surface area contributed by atoms with E-state index in [2.05, 4.69) is 4.98 Å². The van der Waals surface area contributed by atoms with Gasteiger partial charge in [-0.15, -0.1) is 0 Å². The summed E-state index contributed by atoms with van der Waals surface area (Å²) in [6.45, 7) is 1.34. The number of aromatic amines is 1. The minimum Gasteiger partial charge on any atom is -0.360 e. The second-order valence-electron chi connectivity index (χ2n) is 7.03. The van der Waals surface area contributed by atoms with Crippen molar-refractivity contribution in [2.75, 3.05) is 13.1 Å². The molecular formula is C19H16ClF2N3O2. The van der Waals surface area contributed by atoms with Gasteiger partial charge in [-0.2, -0.15) is 0 Å². The number of H-pyrrole nitrogens is 1. The number of nitrogens with zero attached hydrogens (tertiary/aromatic N) is 2. The van der Waals surface area contributed by atoms with Gasteiger partial charge in [0.2, 0.25) is 5.91 Å². The number of hydrogen-bond donors (Lipinski definition) is 1. The summed E-state index contributed by atoms with van der Waals surface area (Å²) in [4.78, 5) is 29.6. The quantitative estimate of drug-likeness (QED) is 0.744. The highest BCUT2D eigenvalue weighted by Crippen LogP contribution is 2.29. The number of amides is 1. The molecule has 0 atom stereocenters. The molecule has 3 aromatic rings. The molecule has 1 aromatic carbocycles. The lowest BCUT2D eigenvalue weighted by molar-refractivity contribution is -0.144. The predicted octanol–water partition coefficient (Wildman–Crippen LogP) is 3.36. The number of pyridine rings is 1. The molecule has 27 heavy (non-hydrogen) atoms. The molecule has 1 amide bonds. The van der Waals surface area contributed by atoms with E-state index in [0.29, 0.717) is 22.0 Å². The van der Waals surface area contributed by atoms with Gasteiger partial charge in [-0.05, 0) is 30.7 Å². The smallest absolute Gasteiger partial charge is 0.261 e. The molecule has 1 aliphatic rings. The van der Waals surface area contributed by atoms with E-state index >= 15 is 0 Å². The molecule has 4 rings (SSSR count). The van der Waals surface area contributed by atoms with E-state index in [1.54, 1.807) is 12.3 Å². The Bertz CT molecular complexity index is 1110. The fourth-order valence-electron chi connectivity index (χ4n) is 3.36. The Labute approximate surface area is 158 Å². The van der Waals surface area contributed by atoms with Crippen LogP contribution in [0.3, 0.4) is 0 Å². The third-order valence-electron chi connectivity index (χ3n) is 4.74. The Morgan fingerprint density at radius 1 is 1.33 bits per heavy atom. The van der Waals surface area contributed by atoms with Crippen molar-refractivity contribution in [2.24, 2.45) is 0 Å². The van der Waals surface area contributed by atoms with Crippen molar-refractivity contribution >= 4 is 28.4 Å². The Morgan fingerprint density at radius 2 is 2.07 bits per heavy atom. The molecule has 0 radical (unpaired) electrons. The largest absolute Gasteiger partial charge is 0.360 e. The van der Waals surface area contributed by atoms with E-state index in [1.807, 2.05) is 0 Å². The summed E-state index contributed by atoms with van der Waals surface area (Å²) < 4.78 is 28.3. The third-order valence-corrected chi connectivity index (χ3v) is 5.03. The van der Waals surface area contributed by atoms with Crippen molar-refractivity contribution in [3.63, 3.8) is 0 Å². The van der Waals surface area contributed by atoms with Gasteiger partial charge in [-0.1, -0.05) is 17.7 Å². The van der Waals surface area contributed by atoms with Crippen LogP contribution in [0.15, 0.2) is 41.5 Å². The molecule has 0 spiro atoms. The zero-order chi connectivity index (χ0) is 19.3. The summed E-state index contributed by atoms with van der Waals surface area (Å²) in [7, 11) is 0. The monoisotopic (exact) mass is 391 g/mol. The fourth-order valence-corrected chi connectivity index (χ4v) is 3.55. The number of benzene rings is 1. The van der Waals surface area contributed by atoms with Crippen LogP contribution in [0.5, 0.6) is 0 Å². The van der Waals surface area contributed by atoms with Crippen LogP contribution in [-0.2, 0) is 11.3 Å². The van der Waals surface area contributed by atoms with Crippen molar-refractivity contribution < 1.29 is 13.6 Å². The molecule has 3 heterocycles. The van der Waals surface area contributed by atoms with Crippen LogP contribution >= 0.6 is 11.6 Å². The van der Waals surface area contributed by atoms with Crippen molar-refractivity contribution in [1.29, 1.82) is 0 Å². The number of fused-ring (bicyclic) bond motifs is 1. The Kier molecular flexibility index (Phi) is 4.07. The number of likely N-dealkylation sites (tertiary alicyclic amines) is 1. The van der Waals surface area contributed by atoms with Crippen LogP contribution in [-0.4, -0.2) is 39.1 Å². The summed E-state index contributed by atoms with van der Waals surface area (Å²) in [5.74, 6) is -0.855. The molecule has 8 heteroatoms. The second kappa shape index (κ2) is 6.20. The maximum absolute atomic E-state index is 13.6. The van der Waals surface area contributed by atoms with E-state index < -0.39 is 11.5 Å². The van der Waals surface area contributed by atoms with Gasteiger partial charge in [-0.25, -0.2) is 8.78 Å². The van der Waals surface area contributed by atoms with E-state index in [1.165, 1.54) is 40.8 Å². The topological polar surface area (TPSA) is 58.1 Å². The Balaban J connectivity index is 1.70. The molecule has 1 N–H and O–H groups in total. The molecular weight excluding hydrogens is 376 g/mol. The number of hydrogen-bond acceptors (Lipinski definition) is 2. The van der Waals surface area contributed by atoms with Crippen molar-refractivity contribution in [2.45, 2.75) is 19.1 Å². The van der Waals surface area contributed by atoms with E-state index in [9.17, 15) is 18.4 Å². The highest BCUT2D eigenvalue weighted by Gasteiger charge is 2.41. The summed E-state index contributed by atoms with van der Waals surface area (Å²) in [6, 6.07) is 5.91. The molecule has 1 aliphatic heterocycles. The van der Waals surface area contributed by atoms with Gasteiger partial charge in [0.05, 0.1) is 29.0 Å². The fraction of sp³-hybridized carbons (Fsp3) is 0.263. The molecule has 0 saturated carbocycles. The molecule has 2 aromatic heterocycles. The van der Waals surface area contributed by atoms with Gasteiger partial charge in [0.1, 0.15) is 18.0 Å². The van der Waals surface area contributed by atoms with Crippen LogP contribution in [0.4, 0.5) is 8.78 Å².